The van der Waals surface area contributed by atoms with Gasteiger partial charge < -0.3 is 13.7 Å². The van der Waals surface area contributed by atoms with Crippen molar-refractivity contribution in [2.45, 2.75) is 13.5 Å². The number of carbonyl (C=O) groups excluding carboxylic acids is 1. The predicted molar refractivity (Wildman–Crippen MR) is 81.9 cm³/mol. The van der Waals surface area contributed by atoms with E-state index in [0.29, 0.717) is 22.6 Å². The third-order valence-corrected chi connectivity index (χ3v) is 4.29. The van der Waals surface area contributed by atoms with Crippen molar-refractivity contribution in [3.63, 3.8) is 0 Å². The van der Waals surface area contributed by atoms with Crippen molar-refractivity contribution in [3.8, 4) is 10.8 Å². The van der Waals surface area contributed by atoms with E-state index in [1.807, 2.05) is 17.5 Å². The Morgan fingerprint density at radius 3 is 3.00 bits per heavy atom. The number of carbonyl (C=O) groups is 1. The molecule has 0 aliphatic carbocycles. The van der Waals surface area contributed by atoms with E-state index in [0.717, 1.165) is 4.88 Å². The summed E-state index contributed by atoms with van der Waals surface area (Å²) in [7, 11) is 1.74. The molecule has 114 valence electrons. The molecular weight excluding hydrogens is 326 g/mol. The van der Waals surface area contributed by atoms with Crippen molar-refractivity contribution in [3.05, 3.63) is 46.1 Å². The van der Waals surface area contributed by atoms with Gasteiger partial charge in [-0.1, -0.05) is 17.7 Å². The molecule has 0 aliphatic heterocycles. The zero-order valence-corrected chi connectivity index (χ0v) is 13.4. The van der Waals surface area contributed by atoms with Gasteiger partial charge in [0.2, 0.25) is 5.89 Å². The van der Waals surface area contributed by atoms with E-state index >= 15 is 0 Å². The highest BCUT2D eigenvalue weighted by atomic mass is 35.5. The van der Waals surface area contributed by atoms with Crippen LogP contribution in [-0.2, 0) is 18.4 Å². The largest absolute Gasteiger partial charge is 0.453 e. The van der Waals surface area contributed by atoms with Crippen LogP contribution in [-0.4, -0.2) is 20.5 Å². The SMILES string of the molecule is Cc1oc(-c2cccs2)nc1C(=O)OCc1ncc(Cl)n1C. The van der Waals surface area contributed by atoms with Crippen LogP contribution >= 0.6 is 22.9 Å². The maximum Gasteiger partial charge on any atom is 0.361 e. The number of hydrogen-bond donors (Lipinski definition) is 0. The van der Waals surface area contributed by atoms with Gasteiger partial charge >= 0.3 is 5.97 Å². The number of oxazole rings is 1. The summed E-state index contributed by atoms with van der Waals surface area (Å²) in [5.74, 6) is 0.840. The smallest absolute Gasteiger partial charge is 0.361 e. The molecule has 0 atom stereocenters. The van der Waals surface area contributed by atoms with Gasteiger partial charge in [0.1, 0.15) is 23.3 Å². The molecule has 0 spiro atoms. The maximum atomic E-state index is 12.1. The number of nitrogens with zero attached hydrogens (tertiary/aromatic N) is 3. The number of imidazole rings is 1. The summed E-state index contributed by atoms with van der Waals surface area (Å²) in [6.45, 7) is 1.70. The standard InChI is InChI=1S/C14H12ClN3O3S/c1-8-12(17-13(21-8)9-4-3-5-22-9)14(19)20-7-11-16-6-10(15)18(11)2/h3-6H,7H2,1-2H3. The fourth-order valence-corrected chi connectivity index (χ4v) is 2.64. The van der Waals surface area contributed by atoms with Crippen molar-refractivity contribution in [1.82, 2.24) is 14.5 Å². The molecule has 0 saturated heterocycles. The van der Waals surface area contributed by atoms with E-state index in [-0.39, 0.29) is 12.3 Å². The van der Waals surface area contributed by atoms with Crippen LogP contribution in [0.1, 0.15) is 22.1 Å². The van der Waals surface area contributed by atoms with Gasteiger partial charge in [-0.2, -0.15) is 0 Å². The number of hydrogen-bond acceptors (Lipinski definition) is 6. The average Bonchev–Trinajstić information content (AvgIpc) is 3.20. The lowest BCUT2D eigenvalue weighted by Crippen LogP contribution is -2.10. The number of rotatable bonds is 4. The van der Waals surface area contributed by atoms with Crippen molar-refractivity contribution >= 4 is 28.9 Å². The number of aryl methyl sites for hydroxylation is 1. The summed E-state index contributed by atoms with van der Waals surface area (Å²) < 4.78 is 12.4. The fourth-order valence-electron chi connectivity index (χ4n) is 1.85. The highest BCUT2D eigenvalue weighted by Crippen LogP contribution is 2.26. The molecule has 3 heterocycles. The summed E-state index contributed by atoms with van der Waals surface area (Å²) in [4.78, 5) is 21.3. The van der Waals surface area contributed by atoms with Crippen LogP contribution in [0.15, 0.2) is 28.1 Å². The van der Waals surface area contributed by atoms with E-state index in [2.05, 4.69) is 9.97 Å². The van der Waals surface area contributed by atoms with E-state index in [1.165, 1.54) is 17.5 Å². The molecule has 22 heavy (non-hydrogen) atoms. The minimum Gasteiger partial charge on any atom is -0.453 e. The first-order chi connectivity index (χ1) is 10.6. The molecule has 3 rings (SSSR count). The number of halogens is 1. The summed E-state index contributed by atoms with van der Waals surface area (Å²) in [5.41, 5.74) is 0.170. The number of aromatic nitrogens is 3. The summed E-state index contributed by atoms with van der Waals surface area (Å²) in [6, 6.07) is 3.77. The fraction of sp³-hybridized carbons (Fsp3) is 0.214. The molecular formula is C14H12ClN3O3S. The van der Waals surface area contributed by atoms with Gasteiger partial charge in [-0.3, -0.25) is 0 Å². The molecule has 0 aromatic carbocycles. The molecule has 0 radical (unpaired) electrons. The first-order valence-corrected chi connectivity index (χ1v) is 7.66. The van der Waals surface area contributed by atoms with Crippen LogP contribution in [0.3, 0.4) is 0 Å². The molecule has 0 bridgehead atoms. The Bertz CT molecular complexity index is 808. The molecule has 0 fully saturated rings. The summed E-state index contributed by atoms with van der Waals surface area (Å²) in [5, 5.41) is 2.39. The molecule has 8 heteroatoms. The van der Waals surface area contributed by atoms with Crippen LogP contribution in [0, 0.1) is 6.92 Å². The Morgan fingerprint density at radius 2 is 2.36 bits per heavy atom. The van der Waals surface area contributed by atoms with Crippen molar-refractivity contribution in [1.29, 1.82) is 0 Å². The van der Waals surface area contributed by atoms with Crippen molar-refractivity contribution in [2.75, 3.05) is 0 Å². The third kappa shape index (κ3) is 2.77. The Kier molecular flexibility index (Phi) is 4.00. The van der Waals surface area contributed by atoms with Crippen LogP contribution in [0.5, 0.6) is 0 Å². The molecule has 0 unspecified atom stereocenters. The Hall–Kier alpha value is -2.12. The number of thiophene rings is 1. The van der Waals surface area contributed by atoms with Gasteiger partial charge in [0.25, 0.3) is 0 Å². The van der Waals surface area contributed by atoms with Gasteiger partial charge in [-0.05, 0) is 18.4 Å². The molecule has 0 saturated carbocycles. The lowest BCUT2D eigenvalue weighted by molar-refractivity contribution is 0.0451. The normalized spacial score (nSPS) is 10.9. The van der Waals surface area contributed by atoms with E-state index < -0.39 is 5.97 Å². The highest BCUT2D eigenvalue weighted by Gasteiger charge is 2.20. The second kappa shape index (κ2) is 5.94. The lowest BCUT2D eigenvalue weighted by Gasteiger charge is -2.03. The van der Waals surface area contributed by atoms with Crippen molar-refractivity contribution in [2.24, 2.45) is 7.05 Å². The van der Waals surface area contributed by atoms with Gasteiger partial charge in [0.05, 0.1) is 11.1 Å². The van der Waals surface area contributed by atoms with E-state index in [9.17, 15) is 4.79 Å². The van der Waals surface area contributed by atoms with E-state index in [4.69, 9.17) is 20.8 Å². The topological polar surface area (TPSA) is 70.2 Å². The molecule has 0 aliphatic rings. The van der Waals surface area contributed by atoms with Crippen LogP contribution in [0.4, 0.5) is 0 Å². The van der Waals surface area contributed by atoms with Gasteiger partial charge in [-0.25, -0.2) is 14.8 Å². The van der Waals surface area contributed by atoms with Crippen LogP contribution in [0.25, 0.3) is 10.8 Å². The second-order valence-electron chi connectivity index (χ2n) is 4.53. The first kappa shape index (κ1) is 14.8. The quantitative estimate of drug-likeness (QED) is 0.682. The Morgan fingerprint density at radius 1 is 1.55 bits per heavy atom. The van der Waals surface area contributed by atoms with Crippen LogP contribution in [0.2, 0.25) is 5.15 Å². The molecule has 3 aromatic heterocycles. The Labute approximate surface area is 135 Å². The third-order valence-electron chi connectivity index (χ3n) is 3.08. The molecule has 0 amide bonds. The van der Waals surface area contributed by atoms with Gasteiger partial charge in [0, 0.05) is 7.05 Å². The second-order valence-corrected chi connectivity index (χ2v) is 5.87. The minimum absolute atomic E-state index is 0.0166. The number of ether oxygens (including phenoxy) is 1. The summed E-state index contributed by atoms with van der Waals surface area (Å²) in [6.07, 6.45) is 1.50. The molecule has 3 aromatic rings. The number of esters is 1. The zero-order chi connectivity index (χ0) is 15.7. The predicted octanol–water partition coefficient (Wildman–Crippen LogP) is 3.46. The van der Waals surface area contributed by atoms with Gasteiger partial charge in [-0.15, -0.1) is 11.3 Å². The monoisotopic (exact) mass is 337 g/mol. The molecule has 6 nitrogen and oxygen atoms in total. The minimum atomic E-state index is -0.553. The van der Waals surface area contributed by atoms with Crippen molar-refractivity contribution < 1.29 is 13.9 Å². The first-order valence-electron chi connectivity index (χ1n) is 6.40. The van der Waals surface area contributed by atoms with Crippen LogP contribution < -0.4 is 0 Å². The average molecular weight is 338 g/mol. The Balaban J connectivity index is 1.74. The highest BCUT2D eigenvalue weighted by molar-refractivity contribution is 7.13. The van der Waals surface area contributed by atoms with E-state index in [1.54, 1.807) is 18.5 Å². The lowest BCUT2D eigenvalue weighted by atomic mass is 10.4. The summed E-state index contributed by atoms with van der Waals surface area (Å²) >= 11 is 7.37. The molecule has 0 N–H and O–H groups in total. The zero-order valence-electron chi connectivity index (χ0n) is 11.9. The van der Waals surface area contributed by atoms with Gasteiger partial charge in [0.15, 0.2) is 5.69 Å². The maximum absolute atomic E-state index is 12.1.